The Morgan fingerprint density at radius 3 is 2.06 bits per heavy atom. The first-order valence-electron chi connectivity index (χ1n) is 11.8. The Morgan fingerprint density at radius 2 is 1.45 bits per heavy atom. The molecular weight excluding hydrogens is 378 g/mol. The van der Waals surface area contributed by atoms with Crippen molar-refractivity contribution >= 4 is 0 Å². The van der Waals surface area contributed by atoms with E-state index in [4.69, 9.17) is 0 Å². The lowest BCUT2D eigenvalue weighted by molar-refractivity contribution is -0.0565. The van der Waals surface area contributed by atoms with Crippen LogP contribution in [0.25, 0.3) is 0 Å². The van der Waals surface area contributed by atoms with Gasteiger partial charge in [-0.2, -0.15) is 0 Å². The first kappa shape index (κ1) is 19.3. The summed E-state index contributed by atoms with van der Waals surface area (Å²) in [7, 11) is 0. The fourth-order valence-corrected chi connectivity index (χ4v) is 6.92. The van der Waals surface area contributed by atoms with Crippen LogP contribution in [-0.4, -0.2) is 18.2 Å². The highest BCUT2D eigenvalue weighted by Crippen LogP contribution is 2.64. The average molecular weight is 410 g/mol. The molecule has 0 spiro atoms. The first-order valence-corrected chi connectivity index (χ1v) is 11.8. The van der Waals surface area contributed by atoms with Gasteiger partial charge in [-0.25, -0.2) is 0 Å². The van der Waals surface area contributed by atoms with Crippen LogP contribution >= 0.6 is 0 Å². The number of rotatable bonds is 4. The molecule has 0 amide bonds. The van der Waals surface area contributed by atoms with E-state index in [0.29, 0.717) is 5.92 Å². The summed E-state index contributed by atoms with van der Waals surface area (Å²) in [6.07, 6.45) is 3.89. The van der Waals surface area contributed by atoms with Crippen LogP contribution in [0.1, 0.15) is 65.0 Å². The van der Waals surface area contributed by atoms with Crippen LogP contribution in [0.3, 0.4) is 0 Å². The molecule has 31 heavy (non-hydrogen) atoms. The average Bonchev–Trinajstić information content (AvgIpc) is 3.32. The van der Waals surface area contributed by atoms with Crippen molar-refractivity contribution in [1.29, 1.82) is 0 Å². The van der Waals surface area contributed by atoms with E-state index in [1.54, 1.807) is 0 Å². The summed E-state index contributed by atoms with van der Waals surface area (Å²) in [5, 5.41) is 16.1. The van der Waals surface area contributed by atoms with Gasteiger partial charge >= 0.3 is 0 Å². The zero-order valence-electron chi connectivity index (χ0n) is 18.3. The van der Waals surface area contributed by atoms with E-state index in [1.165, 1.54) is 27.8 Å². The van der Waals surface area contributed by atoms with Gasteiger partial charge in [-0.15, -0.1) is 0 Å². The molecule has 2 aliphatic carbocycles. The van der Waals surface area contributed by atoms with Crippen molar-refractivity contribution in [1.82, 2.24) is 5.32 Å². The van der Waals surface area contributed by atoms with Crippen molar-refractivity contribution in [3.05, 3.63) is 106 Å². The summed E-state index contributed by atoms with van der Waals surface area (Å²) in [5.74, 6) is 0.729. The Morgan fingerprint density at radius 1 is 0.871 bits per heavy atom. The molecule has 3 aromatic carbocycles. The van der Waals surface area contributed by atoms with Crippen LogP contribution in [0.4, 0.5) is 0 Å². The van der Waals surface area contributed by atoms with Gasteiger partial charge in [0.1, 0.15) is 0 Å². The maximum absolute atomic E-state index is 12.6. The van der Waals surface area contributed by atoms with E-state index in [2.05, 4.69) is 85.0 Å². The van der Waals surface area contributed by atoms with Gasteiger partial charge in [0.15, 0.2) is 0 Å². The minimum atomic E-state index is -0.838. The summed E-state index contributed by atoms with van der Waals surface area (Å²) >= 11 is 0. The molecule has 0 aromatic heterocycles. The van der Waals surface area contributed by atoms with Crippen molar-refractivity contribution in [2.24, 2.45) is 5.92 Å². The third-order valence-corrected chi connectivity index (χ3v) is 8.39. The Balaban J connectivity index is 1.52. The monoisotopic (exact) mass is 409 g/mol. The largest absolute Gasteiger partial charge is 0.385 e. The van der Waals surface area contributed by atoms with Gasteiger partial charge in [0.05, 0.1) is 5.60 Å². The molecule has 1 unspecified atom stereocenters. The molecule has 0 saturated carbocycles. The predicted octanol–water partition coefficient (Wildman–Crippen LogP) is 5.41. The molecule has 1 aliphatic heterocycles. The molecule has 3 aromatic rings. The van der Waals surface area contributed by atoms with Gasteiger partial charge in [0.2, 0.25) is 0 Å². The highest BCUT2D eigenvalue weighted by Gasteiger charge is 2.56. The normalized spacial score (nSPS) is 26.3. The van der Waals surface area contributed by atoms with E-state index in [0.717, 1.165) is 44.3 Å². The second kappa shape index (κ2) is 7.05. The number of piperidine rings is 1. The maximum Gasteiger partial charge on any atom is 0.0937 e. The molecule has 0 radical (unpaired) electrons. The lowest BCUT2D eigenvalue weighted by atomic mass is 9.63. The summed E-state index contributed by atoms with van der Waals surface area (Å²) in [4.78, 5) is 0. The molecule has 1 saturated heterocycles. The standard InChI is InChI=1S/C29H31NO/c1-20-10-12-21(13-11-20)29(31,22-14-16-30-17-15-22)19-28-18-25(23-6-2-4-8-26(23)28)24-7-3-5-9-27(24)28/h2-13,22,25,30-31H,14-19H2,1H3. The fraction of sp³-hybridized carbons (Fsp3) is 0.379. The number of aliphatic hydroxyl groups is 1. The number of benzene rings is 3. The van der Waals surface area contributed by atoms with Gasteiger partial charge in [0, 0.05) is 11.3 Å². The van der Waals surface area contributed by atoms with Crippen molar-refractivity contribution in [2.75, 3.05) is 13.1 Å². The van der Waals surface area contributed by atoms with E-state index >= 15 is 0 Å². The van der Waals surface area contributed by atoms with Gasteiger partial charge in [-0.3, -0.25) is 0 Å². The van der Waals surface area contributed by atoms with Gasteiger partial charge in [-0.05, 0) is 79.4 Å². The van der Waals surface area contributed by atoms with Gasteiger partial charge < -0.3 is 10.4 Å². The lowest BCUT2D eigenvalue weighted by Gasteiger charge is -2.45. The molecule has 2 N–H and O–H groups in total. The quantitative estimate of drug-likeness (QED) is 0.604. The first-order chi connectivity index (χ1) is 15.1. The Bertz CT molecular complexity index is 1060. The van der Waals surface area contributed by atoms with Crippen molar-refractivity contribution in [3.63, 3.8) is 0 Å². The highest BCUT2D eigenvalue weighted by molar-refractivity contribution is 5.63. The van der Waals surface area contributed by atoms with Gasteiger partial charge in [0.25, 0.3) is 0 Å². The molecular formula is C29H31NO. The molecule has 158 valence electrons. The maximum atomic E-state index is 12.6. The molecule has 2 heteroatoms. The van der Waals surface area contributed by atoms with Crippen molar-refractivity contribution in [3.8, 4) is 0 Å². The summed E-state index contributed by atoms with van der Waals surface area (Å²) < 4.78 is 0. The molecule has 1 atom stereocenters. The molecule has 2 bridgehead atoms. The molecule has 3 aliphatic rings. The highest BCUT2D eigenvalue weighted by atomic mass is 16.3. The summed E-state index contributed by atoms with van der Waals surface area (Å²) in [6, 6.07) is 26.6. The smallest absolute Gasteiger partial charge is 0.0937 e. The predicted molar refractivity (Wildman–Crippen MR) is 125 cm³/mol. The molecule has 1 fully saturated rings. The number of aryl methyl sites for hydroxylation is 1. The Labute approximate surface area is 185 Å². The van der Waals surface area contributed by atoms with Gasteiger partial charge in [-0.1, -0.05) is 78.4 Å². The minimum Gasteiger partial charge on any atom is -0.385 e. The van der Waals surface area contributed by atoms with Crippen LogP contribution < -0.4 is 5.32 Å². The topological polar surface area (TPSA) is 32.3 Å². The van der Waals surface area contributed by atoms with Crippen LogP contribution in [0, 0.1) is 12.8 Å². The van der Waals surface area contributed by atoms with Crippen LogP contribution in [0.5, 0.6) is 0 Å². The number of nitrogens with one attached hydrogen (secondary N) is 1. The van der Waals surface area contributed by atoms with E-state index in [1.807, 2.05) is 0 Å². The molecule has 6 rings (SSSR count). The summed E-state index contributed by atoms with van der Waals surface area (Å²) in [6.45, 7) is 4.10. The summed E-state index contributed by atoms with van der Waals surface area (Å²) in [5.41, 5.74) is 7.21. The Kier molecular flexibility index (Phi) is 4.38. The second-order valence-electron chi connectivity index (χ2n) is 10.0. The molecule has 1 heterocycles. The number of hydrogen-bond donors (Lipinski definition) is 2. The van der Waals surface area contributed by atoms with E-state index < -0.39 is 5.60 Å². The third kappa shape index (κ3) is 2.78. The number of hydrogen-bond acceptors (Lipinski definition) is 2. The fourth-order valence-electron chi connectivity index (χ4n) is 6.92. The molecule has 2 nitrogen and oxygen atoms in total. The lowest BCUT2D eigenvalue weighted by Crippen LogP contribution is -2.46. The van der Waals surface area contributed by atoms with Crippen molar-refractivity contribution in [2.45, 2.75) is 49.5 Å². The Hall–Kier alpha value is -2.42. The van der Waals surface area contributed by atoms with Crippen LogP contribution in [0.2, 0.25) is 0 Å². The van der Waals surface area contributed by atoms with E-state index in [-0.39, 0.29) is 11.3 Å². The second-order valence-corrected chi connectivity index (χ2v) is 10.0. The zero-order chi connectivity index (χ0) is 21.1. The SMILES string of the molecule is Cc1ccc(C(O)(CC23CC(c4ccccc42)c2ccccc23)C2CCNCC2)cc1. The third-order valence-electron chi connectivity index (χ3n) is 8.39. The zero-order valence-corrected chi connectivity index (χ0v) is 18.3. The van der Waals surface area contributed by atoms with Crippen LogP contribution in [-0.2, 0) is 11.0 Å². The minimum absolute atomic E-state index is 0.109. The number of fused-ring (bicyclic) bond motifs is 8. The van der Waals surface area contributed by atoms with Crippen LogP contribution in [0.15, 0.2) is 72.8 Å². The van der Waals surface area contributed by atoms with Crippen molar-refractivity contribution < 1.29 is 5.11 Å². The van der Waals surface area contributed by atoms with E-state index in [9.17, 15) is 5.11 Å².